The van der Waals surface area contributed by atoms with Crippen LogP contribution >= 0.6 is 11.3 Å². The van der Waals surface area contributed by atoms with Crippen LogP contribution in [0, 0.1) is 13.8 Å². The first-order chi connectivity index (χ1) is 14.5. The minimum absolute atomic E-state index is 0.286. The van der Waals surface area contributed by atoms with Crippen molar-refractivity contribution in [3.05, 3.63) is 47.3 Å². The Morgan fingerprint density at radius 2 is 1.93 bits per heavy atom. The third-order valence-electron chi connectivity index (χ3n) is 5.32. The molecule has 4 N–H and O–H groups in total. The number of nitrogens with zero attached hydrogens (tertiary/aromatic N) is 5. The lowest BCUT2D eigenvalue weighted by Crippen LogP contribution is -2.27. The number of fused-ring (bicyclic) bond motifs is 2. The Kier molecular flexibility index (Phi) is 4.39. The summed E-state index contributed by atoms with van der Waals surface area (Å²) in [4.78, 5) is 20.7. The summed E-state index contributed by atoms with van der Waals surface area (Å²) in [6, 6.07) is 8.22. The maximum atomic E-state index is 6.01. The number of nitrogens with two attached hydrogens (primary N) is 2. The van der Waals surface area contributed by atoms with Crippen LogP contribution in [-0.2, 0) is 6.54 Å². The van der Waals surface area contributed by atoms with E-state index >= 15 is 0 Å². The number of aromatic nitrogens is 4. The standard InChI is InChI=1S/C21H21N7OS/c1-11-12(2)25-20(22)27-18(11)28-5-6-29-17-4-3-13(7-15(17)10-28)14-8-16-19(24-9-14)30-21(23)26-16/h3-4,7-9H,5-6,10H2,1-2H3,(H2,23,26)(H2,22,25,27). The van der Waals surface area contributed by atoms with Crippen molar-refractivity contribution < 1.29 is 4.74 Å². The second-order valence-corrected chi connectivity index (χ2v) is 8.32. The SMILES string of the molecule is Cc1nc(N)nc(N2CCOc3ccc(-c4cnc5sc(N)nc5c4)cc3C2)c1C. The van der Waals surface area contributed by atoms with Gasteiger partial charge in [-0.25, -0.2) is 15.0 Å². The smallest absolute Gasteiger partial charge is 0.222 e. The van der Waals surface area contributed by atoms with E-state index in [-0.39, 0.29) is 5.95 Å². The highest BCUT2D eigenvalue weighted by Crippen LogP contribution is 2.33. The molecule has 4 aromatic rings. The number of nitrogen functional groups attached to an aromatic ring is 2. The van der Waals surface area contributed by atoms with Crippen LogP contribution in [0.5, 0.6) is 5.75 Å². The van der Waals surface area contributed by atoms with Crippen molar-refractivity contribution in [2.45, 2.75) is 20.4 Å². The van der Waals surface area contributed by atoms with Crippen molar-refractivity contribution >= 4 is 38.6 Å². The summed E-state index contributed by atoms with van der Waals surface area (Å²) < 4.78 is 6.01. The molecule has 0 fully saturated rings. The quantitative estimate of drug-likeness (QED) is 0.508. The van der Waals surface area contributed by atoms with Gasteiger partial charge in [-0.1, -0.05) is 17.4 Å². The van der Waals surface area contributed by atoms with Crippen LogP contribution in [0.4, 0.5) is 16.9 Å². The number of aryl methyl sites for hydroxylation is 1. The van der Waals surface area contributed by atoms with Gasteiger partial charge in [0.1, 0.15) is 28.5 Å². The molecule has 152 valence electrons. The van der Waals surface area contributed by atoms with Gasteiger partial charge in [-0.3, -0.25) is 0 Å². The fourth-order valence-electron chi connectivity index (χ4n) is 3.70. The zero-order valence-corrected chi connectivity index (χ0v) is 17.5. The molecule has 0 radical (unpaired) electrons. The summed E-state index contributed by atoms with van der Waals surface area (Å²) >= 11 is 1.39. The van der Waals surface area contributed by atoms with E-state index < -0.39 is 0 Å². The molecule has 0 bridgehead atoms. The Bertz CT molecular complexity index is 1270. The first-order valence-corrected chi connectivity index (χ1v) is 10.4. The van der Waals surface area contributed by atoms with Gasteiger partial charge in [0.05, 0.1) is 6.54 Å². The third kappa shape index (κ3) is 3.26. The number of rotatable bonds is 2. The van der Waals surface area contributed by atoms with Crippen LogP contribution in [0.25, 0.3) is 21.5 Å². The highest BCUT2D eigenvalue weighted by Gasteiger charge is 2.20. The number of thiazole rings is 1. The zero-order chi connectivity index (χ0) is 20.8. The van der Waals surface area contributed by atoms with Crippen molar-refractivity contribution in [3.63, 3.8) is 0 Å². The van der Waals surface area contributed by atoms with E-state index in [4.69, 9.17) is 16.2 Å². The molecule has 1 aliphatic heterocycles. The van der Waals surface area contributed by atoms with Gasteiger partial charge in [-0.05, 0) is 37.6 Å². The van der Waals surface area contributed by atoms with E-state index in [0.29, 0.717) is 24.8 Å². The number of ether oxygens (including phenoxy) is 1. The lowest BCUT2D eigenvalue weighted by atomic mass is 10.0. The molecule has 1 aromatic carbocycles. The third-order valence-corrected chi connectivity index (χ3v) is 6.13. The Morgan fingerprint density at radius 1 is 1.07 bits per heavy atom. The number of hydrogen-bond acceptors (Lipinski definition) is 9. The predicted octanol–water partition coefficient (Wildman–Crippen LogP) is 3.33. The molecule has 0 aliphatic carbocycles. The minimum atomic E-state index is 0.286. The fraction of sp³-hybridized carbons (Fsp3) is 0.238. The van der Waals surface area contributed by atoms with E-state index in [1.165, 1.54) is 11.3 Å². The van der Waals surface area contributed by atoms with Crippen LogP contribution in [0.1, 0.15) is 16.8 Å². The van der Waals surface area contributed by atoms with E-state index in [0.717, 1.165) is 49.9 Å². The average Bonchev–Trinajstić information content (AvgIpc) is 2.96. The lowest BCUT2D eigenvalue weighted by Gasteiger charge is -2.23. The molecular formula is C21H21N7OS. The second-order valence-electron chi connectivity index (χ2n) is 7.31. The summed E-state index contributed by atoms with van der Waals surface area (Å²) in [6.07, 6.45) is 1.86. The van der Waals surface area contributed by atoms with Gasteiger partial charge in [-0.2, -0.15) is 4.98 Å². The maximum absolute atomic E-state index is 6.01. The lowest BCUT2D eigenvalue weighted by molar-refractivity contribution is 0.331. The Hall–Kier alpha value is -3.46. The molecule has 3 aromatic heterocycles. The maximum Gasteiger partial charge on any atom is 0.222 e. The molecule has 0 spiro atoms. The van der Waals surface area contributed by atoms with Crippen molar-refractivity contribution in [2.75, 3.05) is 29.5 Å². The summed E-state index contributed by atoms with van der Waals surface area (Å²) in [6.45, 7) is 5.92. The predicted molar refractivity (Wildman–Crippen MR) is 120 cm³/mol. The number of benzene rings is 1. The van der Waals surface area contributed by atoms with E-state index in [2.05, 4.69) is 30.9 Å². The molecule has 0 saturated carbocycles. The van der Waals surface area contributed by atoms with Gasteiger partial charge in [0.15, 0.2) is 5.13 Å². The molecule has 30 heavy (non-hydrogen) atoms. The van der Waals surface area contributed by atoms with Crippen molar-refractivity contribution in [1.82, 2.24) is 19.9 Å². The molecule has 0 unspecified atom stereocenters. The molecule has 9 heteroatoms. The van der Waals surface area contributed by atoms with Crippen LogP contribution in [0.15, 0.2) is 30.5 Å². The van der Waals surface area contributed by atoms with Gasteiger partial charge in [0.25, 0.3) is 0 Å². The summed E-state index contributed by atoms with van der Waals surface area (Å²) in [5, 5.41) is 0.524. The van der Waals surface area contributed by atoms with Crippen molar-refractivity contribution in [2.24, 2.45) is 0 Å². The van der Waals surface area contributed by atoms with Crippen LogP contribution in [0.3, 0.4) is 0 Å². The first-order valence-electron chi connectivity index (χ1n) is 9.62. The average molecular weight is 420 g/mol. The van der Waals surface area contributed by atoms with E-state index in [1.807, 2.05) is 38.2 Å². The van der Waals surface area contributed by atoms with Gasteiger partial charge >= 0.3 is 0 Å². The Labute approximate surface area is 177 Å². The molecule has 0 atom stereocenters. The molecule has 8 nitrogen and oxygen atoms in total. The zero-order valence-electron chi connectivity index (χ0n) is 16.7. The molecular weight excluding hydrogens is 398 g/mol. The van der Waals surface area contributed by atoms with Crippen LogP contribution in [-0.4, -0.2) is 33.1 Å². The largest absolute Gasteiger partial charge is 0.491 e. The Balaban J connectivity index is 1.53. The molecule has 0 amide bonds. The summed E-state index contributed by atoms with van der Waals surface area (Å²) in [7, 11) is 0. The number of pyridine rings is 1. The van der Waals surface area contributed by atoms with Gasteiger partial charge < -0.3 is 21.1 Å². The summed E-state index contributed by atoms with van der Waals surface area (Å²) in [5.74, 6) is 2.02. The van der Waals surface area contributed by atoms with Crippen molar-refractivity contribution in [3.8, 4) is 16.9 Å². The van der Waals surface area contributed by atoms with Gasteiger partial charge in [0, 0.05) is 35.1 Å². The minimum Gasteiger partial charge on any atom is -0.491 e. The molecule has 5 rings (SSSR count). The van der Waals surface area contributed by atoms with Crippen LogP contribution < -0.4 is 21.1 Å². The van der Waals surface area contributed by atoms with E-state index in [1.54, 1.807) is 0 Å². The first kappa shape index (κ1) is 18.6. The summed E-state index contributed by atoms with van der Waals surface area (Å²) in [5.41, 5.74) is 17.6. The van der Waals surface area contributed by atoms with Gasteiger partial charge in [0.2, 0.25) is 5.95 Å². The monoisotopic (exact) mass is 419 g/mol. The number of anilines is 3. The topological polar surface area (TPSA) is 116 Å². The Morgan fingerprint density at radius 3 is 2.80 bits per heavy atom. The normalized spacial score (nSPS) is 13.7. The highest BCUT2D eigenvalue weighted by molar-refractivity contribution is 7.21. The van der Waals surface area contributed by atoms with Crippen molar-refractivity contribution in [1.29, 1.82) is 0 Å². The molecule has 0 saturated heterocycles. The van der Waals surface area contributed by atoms with Crippen LogP contribution in [0.2, 0.25) is 0 Å². The van der Waals surface area contributed by atoms with E-state index in [9.17, 15) is 0 Å². The fourth-order valence-corrected chi connectivity index (χ4v) is 4.35. The van der Waals surface area contributed by atoms with Gasteiger partial charge in [-0.15, -0.1) is 0 Å². The molecule has 4 heterocycles. The second kappa shape index (κ2) is 7.10. The molecule has 1 aliphatic rings. The number of hydrogen-bond donors (Lipinski definition) is 2. The highest BCUT2D eigenvalue weighted by atomic mass is 32.1.